The summed E-state index contributed by atoms with van der Waals surface area (Å²) in [6.07, 6.45) is 3.04. The molecule has 158 valence electrons. The summed E-state index contributed by atoms with van der Waals surface area (Å²) in [5.74, 6) is -0.983. The van der Waals surface area contributed by atoms with Gasteiger partial charge in [0.15, 0.2) is 0 Å². The topological polar surface area (TPSA) is 89.0 Å². The van der Waals surface area contributed by atoms with Crippen LogP contribution in [0.15, 0.2) is 54.4 Å². The first-order valence-corrected chi connectivity index (χ1v) is 9.97. The van der Waals surface area contributed by atoms with E-state index in [1.807, 2.05) is 32.9 Å². The standard InChI is InChI=1S/C23H26N2O5/c1-4-29-18-7-5-6-17(14-18)20-19(21(26)16-8-10-24-11-9-16)22(27)23(28)25(20)12-13-30-15(2)3/h5-11,14-15,20,26H,4,12-13H2,1-3H3/b21-19-. The van der Waals surface area contributed by atoms with Crippen LogP contribution in [0.25, 0.3) is 5.76 Å². The molecule has 2 heterocycles. The number of aliphatic hydroxyl groups is 1. The highest BCUT2D eigenvalue weighted by Gasteiger charge is 2.46. The van der Waals surface area contributed by atoms with E-state index >= 15 is 0 Å². The first kappa shape index (κ1) is 21.5. The molecule has 0 saturated carbocycles. The van der Waals surface area contributed by atoms with Crippen LogP contribution >= 0.6 is 0 Å². The normalized spacial score (nSPS) is 18.3. The summed E-state index contributed by atoms with van der Waals surface area (Å²) >= 11 is 0. The van der Waals surface area contributed by atoms with E-state index in [9.17, 15) is 14.7 Å². The van der Waals surface area contributed by atoms with Crippen LogP contribution < -0.4 is 4.74 Å². The highest BCUT2D eigenvalue weighted by Crippen LogP contribution is 2.40. The molecule has 1 aromatic heterocycles. The fraction of sp³-hybridized carbons (Fsp3) is 0.348. The minimum atomic E-state index is -0.741. The van der Waals surface area contributed by atoms with Gasteiger partial charge in [-0.2, -0.15) is 0 Å². The van der Waals surface area contributed by atoms with E-state index in [0.717, 1.165) is 0 Å². The number of aromatic nitrogens is 1. The van der Waals surface area contributed by atoms with E-state index in [-0.39, 0.29) is 30.6 Å². The molecule has 1 aliphatic rings. The number of ketones is 1. The van der Waals surface area contributed by atoms with Gasteiger partial charge < -0.3 is 19.5 Å². The van der Waals surface area contributed by atoms with Gasteiger partial charge in [0, 0.05) is 24.5 Å². The highest BCUT2D eigenvalue weighted by molar-refractivity contribution is 6.46. The third kappa shape index (κ3) is 4.52. The zero-order valence-corrected chi connectivity index (χ0v) is 17.4. The van der Waals surface area contributed by atoms with E-state index < -0.39 is 17.7 Å². The predicted octanol–water partition coefficient (Wildman–Crippen LogP) is 3.33. The number of likely N-dealkylation sites (tertiary alicyclic amines) is 1. The summed E-state index contributed by atoms with van der Waals surface area (Å²) in [5, 5.41) is 10.9. The average Bonchev–Trinajstić information content (AvgIpc) is 2.99. The van der Waals surface area contributed by atoms with Crippen LogP contribution in [0, 0.1) is 0 Å². The van der Waals surface area contributed by atoms with Crippen molar-refractivity contribution in [3.63, 3.8) is 0 Å². The number of carbonyl (C=O) groups is 2. The molecule has 2 aromatic rings. The van der Waals surface area contributed by atoms with E-state index in [1.54, 1.807) is 24.3 Å². The third-order valence-electron chi connectivity index (χ3n) is 4.76. The molecule has 1 saturated heterocycles. The van der Waals surface area contributed by atoms with Crippen molar-refractivity contribution in [2.24, 2.45) is 0 Å². The fourth-order valence-electron chi connectivity index (χ4n) is 3.45. The molecule has 1 atom stereocenters. The number of nitrogens with zero attached hydrogens (tertiary/aromatic N) is 2. The first-order valence-electron chi connectivity index (χ1n) is 9.97. The molecule has 0 spiro atoms. The SMILES string of the molecule is CCOc1cccc(C2/C(=C(/O)c3ccncc3)C(=O)C(=O)N2CCOC(C)C)c1. The largest absolute Gasteiger partial charge is 0.507 e. The Morgan fingerprint density at radius 3 is 2.60 bits per heavy atom. The Morgan fingerprint density at radius 1 is 1.20 bits per heavy atom. The third-order valence-corrected chi connectivity index (χ3v) is 4.76. The van der Waals surface area contributed by atoms with Gasteiger partial charge in [-0.25, -0.2) is 0 Å². The van der Waals surface area contributed by atoms with Gasteiger partial charge in [0.2, 0.25) is 0 Å². The summed E-state index contributed by atoms with van der Waals surface area (Å²) in [4.78, 5) is 31.2. The van der Waals surface area contributed by atoms with Gasteiger partial charge in [-0.3, -0.25) is 14.6 Å². The van der Waals surface area contributed by atoms with Crippen LogP contribution in [0.1, 0.15) is 37.9 Å². The maximum absolute atomic E-state index is 12.9. The van der Waals surface area contributed by atoms with Gasteiger partial charge >= 0.3 is 0 Å². The van der Waals surface area contributed by atoms with Crippen LogP contribution in [0.5, 0.6) is 5.75 Å². The minimum absolute atomic E-state index is 0.00151. The molecular formula is C23H26N2O5. The Bertz CT molecular complexity index is 940. The molecule has 0 radical (unpaired) electrons. The van der Waals surface area contributed by atoms with Crippen LogP contribution in [0.4, 0.5) is 0 Å². The number of pyridine rings is 1. The lowest BCUT2D eigenvalue weighted by Gasteiger charge is -2.26. The van der Waals surface area contributed by atoms with Crippen molar-refractivity contribution in [1.29, 1.82) is 0 Å². The Morgan fingerprint density at radius 2 is 1.93 bits per heavy atom. The molecule has 1 amide bonds. The number of Topliss-reactive ketones (excluding diaryl/α,β-unsaturated/α-hetero) is 1. The Labute approximate surface area is 175 Å². The van der Waals surface area contributed by atoms with Crippen molar-refractivity contribution in [3.05, 3.63) is 65.5 Å². The number of carbonyl (C=O) groups excluding carboxylic acids is 2. The van der Waals surface area contributed by atoms with Crippen LogP contribution in [0.2, 0.25) is 0 Å². The van der Waals surface area contributed by atoms with Gasteiger partial charge in [0.25, 0.3) is 11.7 Å². The number of rotatable bonds is 8. The molecule has 30 heavy (non-hydrogen) atoms. The first-order chi connectivity index (χ1) is 14.4. The summed E-state index contributed by atoms with van der Waals surface area (Å²) in [7, 11) is 0. The van der Waals surface area contributed by atoms with Crippen molar-refractivity contribution in [1.82, 2.24) is 9.88 Å². The van der Waals surface area contributed by atoms with Gasteiger partial charge in [-0.05, 0) is 50.6 Å². The molecule has 0 aliphatic carbocycles. The Hall–Kier alpha value is -3.19. The Balaban J connectivity index is 2.08. The van der Waals surface area contributed by atoms with Crippen molar-refractivity contribution in [3.8, 4) is 5.75 Å². The zero-order chi connectivity index (χ0) is 21.7. The number of amides is 1. The highest BCUT2D eigenvalue weighted by atomic mass is 16.5. The zero-order valence-electron chi connectivity index (χ0n) is 17.4. The lowest BCUT2D eigenvalue weighted by molar-refractivity contribution is -0.140. The van der Waals surface area contributed by atoms with Crippen molar-refractivity contribution < 1.29 is 24.2 Å². The maximum atomic E-state index is 12.9. The molecule has 1 unspecified atom stereocenters. The summed E-state index contributed by atoms with van der Waals surface area (Å²) in [6, 6.07) is 9.66. The van der Waals surface area contributed by atoms with Crippen molar-refractivity contribution in [2.75, 3.05) is 19.8 Å². The average molecular weight is 410 g/mol. The fourth-order valence-corrected chi connectivity index (χ4v) is 3.45. The van der Waals surface area contributed by atoms with Crippen LogP contribution in [0.3, 0.4) is 0 Å². The van der Waals surface area contributed by atoms with Crippen LogP contribution in [-0.2, 0) is 14.3 Å². The lowest BCUT2D eigenvalue weighted by Crippen LogP contribution is -2.33. The molecule has 7 heteroatoms. The smallest absolute Gasteiger partial charge is 0.295 e. The van der Waals surface area contributed by atoms with Gasteiger partial charge in [0.05, 0.1) is 30.9 Å². The Kier molecular flexibility index (Phi) is 6.84. The molecule has 0 bridgehead atoms. The summed E-state index contributed by atoms with van der Waals surface area (Å²) < 4.78 is 11.2. The van der Waals surface area contributed by atoms with E-state index in [1.165, 1.54) is 17.3 Å². The van der Waals surface area contributed by atoms with E-state index in [0.29, 0.717) is 23.5 Å². The number of hydrogen-bond donors (Lipinski definition) is 1. The predicted molar refractivity (Wildman–Crippen MR) is 112 cm³/mol. The molecule has 3 rings (SSSR count). The quantitative estimate of drug-likeness (QED) is 0.408. The van der Waals surface area contributed by atoms with Crippen molar-refractivity contribution >= 4 is 17.4 Å². The number of ether oxygens (including phenoxy) is 2. The van der Waals surface area contributed by atoms with Crippen LogP contribution in [-0.4, -0.2) is 52.5 Å². The molecule has 1 N–H and O–H groups in total. The number of benzene rings is 1. The van der Waals surface area contributed by atoms with E-state index in [2.05, 4.69) is 4.98 Å². The van der Waals surface area contributed by atoms with Gasteiger partial charge in [0.1, 0.15) is 11.5 Å². The minimum Gasteiger partial charge on any atom is -0.507 e. The maximum Gasteiger partial charge on any atom is 0.295 e. The second-order valence-corrected chi connectivity index (χ2v) is 7.15. The van der Waals surface area contributed by atoms with Gasteiger partial charge in [-0.1, -0.05) is 12.1 Å². The second kappa shape index (κ2) is 9.54. The molecule has 1 aliphatic heterocycles. The van der Waals surface area contributed by atoms with E-state index in [4.69, 9.17) is 9.47 Å². The molecule has 7 nitrogen and oxygen atoms in total. The number of aliphatic hydroxyl groups excluding tert-OH is 1. The second-order valence-electron chi connectivity index (χ2n) is 7.15. The monoisotopic (exact) mass is 410 g/mol. The number of hydrogen-bond acceptors (Lipinski definition) is 6. The lowest BCUT2D eigenvalue weighted by atomic mass is 9.95. The molecular weight excluding hydrogens is 384 g/mol. The molecule has 1 aromatic carbocycles. The van der Waals surface area contributed by atoms with Crippen molar-refractivity contribution in [2.45, 2.75) is 32.9 Å². The van der Waals surface area contributed by atoms with Gasteiger partial charge in [-0.15, -0.1) is 0 Å². The molecule has 1 fully saturated rings. The summed E-state index contributed by atoms with van der Waals surface area (Å²) in [6.45, 7) is 6.68. The summed E-state index contributed by atoms with van der Waals surface area (Å²) in [5.41, 5.74) is 1.15.